The van der Waals surface area contributed by atoms with Crippen LogP contribution in [0.15, 0.2) is 42.9 Å². The van der Waals surface area contributed by atoms with Crippen molar-refractivity contribution in [3.63, 3.8) is 0 Å². The molecule has 2 N–H and O–H groups in total. The van der Waals surface area contributed by atoms with E-state index in [9.17, 15) is 9.90 Å². The van der Waals surface area contributed by atoms with Gasteiger partial charge in [0.05, 0.1) is 46.1 Å². The Morgan fingerprint density at radius 2 is 2.00 bits per heavy atom. The van der Waals surface area contributed by atoms with E-state index < -0.39 is 17.2 Å². The predicted octanol–water partition coefficient (Wildman–Crippen LogP) is 4.96. The SMILES string of the molecule is Cc1cn(-c2ccc(Cl)c(F)c2C2=CC(=O)N3[C@H](CC[C@H]3c3ncc(-c4ccnc(OCC(C)(C)O)c4F)[nH]3)C2)nn1. The molecule has 218 valence electrons. The van der Waals surface area contributed by atoms with Crippen LogP contribution in [0.1, 0.15) is 56.2 Å². The molecule has 0 spiro atoms. The van der Waals surface area contributed by atoms with E-state index in [0.29, 0.717) is 47.7 Å². The van der Waals surface area contributed by atoms with Crippen molar-refractivity contribution in [1.82, 2.24) is 34.8 Å². The van der Waals surface area contributed by atoms with Gasteiger partial charge < -0.3 is 19.7 Å². The van der Waals surface area contributed by atoms with Crippen molar-refractivity contribution in [1.29, 1.82) is 0 Å². The number of carbonyl (C=O) groups is 1. The van der Waals surface area contributed by atoms with Crippen LogP contribution in [0.3, 0.4) is 0 Å². The van der Waals surface area contributed by atoms with Gasteiger partial charge in [0.25, 0.3) is 5.88 Å². The Bertz CT molecular complexity index is 1710. The number of benzene rings is 1. The number of aliphatic hydroxyl groups is 1. The number of aryl methyl sites for hydroxylation is 1. The fourth-order valence-corrected chi connectivity index (χ4v) is 5.68. The minimum Gasteiger partial charge on any atom is -0.473 e. The molecular weight excluding hydrogens is 568 g/mol. The molecule has 0 unspecified atom stereocenters. The summed E-state index contributed by atoms with van der Waals surface area (Å²) in [6.45, 7) is 4.74. The summed E-state index contributed by atoms with van der Waals surface area (Å²) in [5, 5.41) is 17.9. The lowest BCUT2D eigenvalue weighted by molar-refractivity contribution is -0.129. The van der Waals surface area contributed by atoms with E-state index in [1.165, 1.54) is 35.3 Å². The van der Waals surface area contributed by atoms with E-state index in [4.69, 9.17) is 16.3 Å². The van der Waals surface area contributed by atoms with Crippen molar-refractivity contribution in [3.8, 4) is 22.8 Å². The number of fused-ring (bicyclic) bond motifs is 1. The van der Waals surface area contributed by atoms with Crippen LogP contribution in [-0.4, -0.2) is 64.1 Å². The molecule has 0 radical (unpaired) electrons. The number of nitrogens with zero attached hydrogens (tertiary/aromatic N) is 6. The number of aromatic nitrogens is 6. The van der Waals surface area contributed by atoms with Crippen molar-refractivity contribution in [3.05, 3.63) is 76.6 Å². The molecule has 3 aromatic heterocycles. The van der Waals surface area contributed by atoms with Gasteiger partial charge in [-0.2, -0.15) is 0 Å². The molecule has 6 rings (SSSR count). The maximum absolute atomic E-state index is 15.5. The minimum atomic E-state index is -1.16. The van der Waals surface area contributed by atoms with Crippen LogP contribution in [0.5, 0.6) is 5.88 Å². The molecule has 1 aromatic carbocycles. The molecule has 4 aromatic rings. The standard InChI is InChI=1S/C29H28ClF2N7O3/c1-15-13-38(37-36-15)21-7-5-19(30)26(32)24(21)16-10-17-4-6-22(39(17)23(40)11-16)27-34-12-20(35-27)18-8-9-33-28(25(18)31)42-14-29(2,3)41/h5,7-9,11-13,17,22,41H,4,6,10,14H2,1-3H3,(H,34,35)/t17-,22+/m1/s1. The molecule has 42 heavy (non-hydrogen) atoms. The van der Waals surface area contributed by atoms with Gasteiger partial charge in [-0.25, -0.2) is 23.4 Å². The average Bonchev–Trinajstić information content (AvgIpc) is 3.69. The van der Waals surface area contributed by atoms with E-state index in [1.807, 2.05) is 0 Å². The van der Waals surface area contributed by atoms with Crippen molar-refractivity contribution in [2.75, 3.05) is 6.61 Å². The van der Waals surface area contributed by atoms with Crippen LogP contribution < -0.4 is 4.74 Å². The molecule has 0 saturated carbocycles. The first-order chi connectivity index (χ1) is 20.0. The molecule has 1 amide bonds. The van der Waals surface area contributed by atoms with Crippen LogP contribution in [0.2, 0.25) is 5.02 Å². The van der Waals surface area contributed by atoms with Gasteiger partial charge in [-0.15, -0.1) is 5.10 Å². The molecule has 1 fully saturated rings. The Morgan fingerprint density at radius 3 is 2.74 bits per heavy atom. The van der Waals surface area contributed by atoms with E-state index >= 15 is 8.78 Å². The van der Waals surface area contributed by atoms with Gasteiger partial charge in [0.2, 0.25) is 5.91 Å². The molecule has 0 aliphatic carbocycles. The maximum atomic E-state index is 15.5. The summed E-state index contributed by atoms with van der Waals surface area (Å²) in [5.41, 5.74) is 1.30. The first-order valence-corrected chi connectivity index (χ1v) is 13.8. The summed E-state index contributed by atoms with van der Waals surface area (Å²) in [4.78, 5) is 26.9. The number of ether oxygens (including phenoxy) is 1. The second-order valence-corrected chi connectivity index (χ2v) is 11.6. The quantitative estimate of drug-likeness (QED) is 0.310. The summed E-state index contributed by atoms with van der Waals surface area (Å²) in [7, 11) is 0. The van der Waals surface area contributed by atoms with E-state index in [-0.39, 0.29) is 46.6 Å². The number of amides is 1. The lowest BCUT2D eigenvalue weighted by Gasteiger charge is -2.33. The van der Waals surface area contributed by atoms with Crippen molar-refractivity contribution < 1.29 is 23.4 Å². The van der Waals surface area contributed by atoms with Gasteiger partial charge in [-0.05, 0) is 63.8 Å². The van der Waals surface area contributed by atoms with Crippen molar-refractivity contribution in [2.24, 2.45) is 0 Å². The highest BCUT2D eigenvalue weighted by Gasteiger charge is 2.42. The second kappa shape index (κ2) is 10.6. The van der Waals surface area contributed by atoms with Crippen LogP contribution in [0, 0.1) is 18.6 Å². The highest BCUT2D eigenvalue weighted by molar-refractivity contribution is 6.31. The highest BCUT2D eigenvalue weighted by atomic mass is 35.5. The first kappa shape index (κ1) is 28.0. The lowest BCUT2D eigenvalue weighted by atomic mass is 9.92. The Balaban J connectivity index is 1.28. The monoisotopic (exact) mass is 595 g/mol. The second-order valence-electron chi connectivity index (χ2n) is 11.2. The third kappa shape index (κ3) is 5.16. The molecule has 10 nitrogen and oxygen atoms in total. The number of imidazole rings is 1. The fourth-order valence-electron chi connectivity index (χ4n) is 5.52. The number of pyridine rings is 1. The molecule has 2 atom stereocenters. The zero-order valence-electron chi connectivity index (χ0n) is 23.1. The summed E-state index contributed by atoms with van der Waals surface area (Å²) in [6, 6.07) is 4.05. The van der Waals surface area contributed by atoms with Crippen molar-refractivity contribution in [2.45, 2.75) is 57.7 Å². The maximum Gasteiger partial charge on any atom is 0.251 e. The predicted molar refractivity (Wildman–Crippen MR) is 150 cm³/mol. The smallest absolute Gasteiger partial charge is 0.251 e. The number of H-pyrrole nitrogens is 1. The van der Waals surface area contributed by atoms with E-state index in [1.54, 1.807) is 37.9 Å². The number of rotatable bonds is 7. The Hall–Kier alpha value is -4.16. The van der Waals surface area contributed by atoms with Gasteiger partial charge in [-0.1, -0.05) is 16.8 Å². The third-order valence-corrected chi connectivity index (χ3v) is 7.67. The Labute approximate surface area is 245 Å². The molecule has 5 heterocycles. The fraction of sp³-hybridized carbons (Fsp3) is 0.345. The number of carbonyl (C=O) groups excluding carboxylic acids is 1. The molecular formula is C29H28ClF2N7O3. The number of nitrogens with one attached hydrogen (secondary N) is 1. The lowest BCUT2D eigenvalue weighted by Crippen LogP contribution is -2.39. The number of hydrogen-bond acceptors (Lipinski definition) is 7. The minimum absolute atomic E-state index is 0.0502. The zero-order chi connectivity index (χ0) is 29.8. The van der Waals surface area contributed by atoms with Gasteiger partial charge in [0.1, 0.15) is 12.4 Å². The van der Waals surface area contributed by atoms with Gasteiger partial charge >= 0.3 is 0 Å². The third-order valence-electron chi connectivity index (χ3n) is 7.38. The normalized spacial score (nSPS) is 18.8. The average molecular weight is 596 g/mol. The summed E-state index contributed by atoms with van der Waals surface area (Å²) < 4.78 is 37.5. The van der Waals surface area contributed by atoms with Gasteiger partial charge in [-0.3, -0.25) is 4.79 Å². The highest BCUT2D eigenvalue weighted by Crippen LogP contribution is 2.44. The number of halogens is 3. The molecule has 2 aliphatic rings. The van der Waals surface area contributed by atoms with Crippen molar-refractivity contribution >= 4 is 23.1 Å². The zero-order valence-corrected chi connectivity index (χ0v) is 23.9. The Morgan fingerprint density at radius 1 is 1.19 bits per heavy atom. The molecule has 13 heteroatoms. The largest absolute Gasteiger partial charge is 0.473 e. The topological polar surface area (TPSA) is 122 Å². The van der Waals surface area contributed by atoms with Crippen LogP contribution >= 0.6 is 11.6 Å². The Kier molecular flexibility index (Phi) is 7.06. The van der Waals surface area contributed by atoms with Crippen LogP contribution in [0.4, 0.5) is 8.78 Å². The summed E-state index contributed by atoms with van der Waals surface area (Å²) in [6.07, 6.45) is 7.74. The van der Waals surface area contributed by atoms with Crippen LogP contribution in [0.25, 0.3) is 22.5 Å². The van der Waals surface area contributed by atoms with E-state index in [2.05, 4.69) is 25.3 Å². The molecule has 1 saturated heterocycles. The summed E-state index contributed by atoms with van der Waals surface area (Å²) >= 11 is 6.15. The number of hydrogen-bond donors (Lipinski definition) is 2. The summed E-state index contributed by atoms with van der Waals surface area (Å²) in [5.74, 6) is -1.31. The molecule has 2 aliphatic heterocycles. The van der Waals surface area contributed by atoms with Crippen LogP contribution in [-0.2, 0) is 4.79 Å². The van der Waals surface area contributed by atoms with Gasteiger partial charge in [0, 0.05) is 29.4 Å². The first-order valence-electron chi connectivity index (χ1n) is 13.5. The van der Waals surface area contributed by atoms with E-state index in [0.717, 1.165) is 0 Å². The number of aromatic amines is 1. The van der Waals surface area contributed by atoms with Gasteiger partial charge in [0.15, 0.2) is 11.6 Å². The molecule has 0 bridgehead atoms.